The minimum absolute atomic E-state index is 0.0514. The van der Waals surface area contributed by atoms with E-state index in [4.69, 9.17) is 0 Å². The minimum Gasteiger partial charge on any atom is -0.343 e. The fourth-order valence-corrected chi connectivity index (χ4v) is 2.08. The van der Waals surface area contributed by atoms with Crippen LogP contribution in [0, 0.1) is 5.92 Å². The maximum absolute atomic E-state index is 12.9. The first kappa shape index (κ1) is 12.4. The number of carbonyl (C=O) groups is 1. The summed E-state index contributed by atoms with van der Waals surface area (Å²) >= 11 is 0. The second-order valence-electron chi connectivity index (χ2n) is 4.14. The number of hydrogen-bond acceptors (Lipinski definition) is 1. The second kappa shape index (κ2) is 4.90. The van der Waals surface area contributed by atoms with E-state index in [2.05, 4.69) is 0 Å². The molecule has 0 atom stereocenters. The highest BCUT2D eigenvalue weighted by molar-refractivity contribution is 5.78. The van der Waals surface area contributed by atoms with Crippen LogP contribution in [0.15, 0.2) is 0 Å². The molecule has 0 bridgehead atoms. The molecule has 0 aromatic carbocycles. The maximum atomic E-state index is 12.9. The van der Waals surface area contributed by atoms with Gasteiger partial charge in [0, 0.05) is 31.8 Å². The molecule has 0 N–H and O–H groups in total. The summed E-state index contributed by atoms with van der Waals surface area (Å²) in [5.41, 5.74) is 0. The molecule has 1 amide bonds. The molecule has 0 radical (unpaired) electrons. The van der Waals surface area contributed by atoms with Gasteiger partial charge in [0.2, 0.25) is 11.8 Å². The Balaban J connectivity index is 2.49. The van der Waals surface area contributed by atoms with E-state index < -0.39 is 5.92 Å². The summed E-state index contributed by atoms with van der Waals surface area (Å²) in [5.74, 6) is -2.67. The van der Waals surface area contributed by atoms with Gasteiger partial charge in [0.25, 0.3) is 0 Å². The molecule has 1 aliphatic carbocycles. The second-order valence-corrected chi connectivity index (χ2v) is 4.14. The first-order chi connectivity index (χ1) is 7.00. The van der Waals surface area contributed by atoms with Gasteiger partial charge in [-0.3, -0.25) is 4.79 Å². The highest BCUT2D eigenvalue weighted by Gasteiger charge is 2.38. The van der Waals surface area contributed by atoms with E-state index in [1.807, 2.05) is 13.8 Å². The Morgan fingerprint density at radius 3 is 2.13 bits per heavy atom. The van der Waals surface area contributed by atoms with E-state index in [1.165, 1.54) is 0 Å². The molecule has 15 heavy (non-hydrogen) atoms. The van der Waals surface area contributed by atoms with Crippen molar-refractivity contribution in [2.75, 3.05) is 13.1 Å². The number of rotatable bonds is 3. The molecule has 0 aromatic rings. The minimum atomic E-state index is -2.54. The number of halogens is 2. The monoisotopic (exact) mass is 219 g/mol. The van der Waals surface area contributed by atoms with E-state index >= 15 is 0 Å². The Labute approximate surface area is 89.6 Å². The van der Waals surface area contributed by atoms with Crippen LogP contribution >= 0.6 is 0 Å². The van der Waals surface area contributed by atoms with Crippen molar-refractivity contribution in [1.82, 2.24) is 4.90 Å². The maximum Gasteiger partial charge on any atom is 0.248 e. The predicted molar refractivity (Wildman–Crippen MR) is 54.8 cm³/mol. The Morgan fingerprint density at radius 2 is 1.73 bits per heavy atom. The number of amides is 1. The van der Waals surface area contributed by atoms with Crippen LogP contribution in [-0.4, -0.2) is 29.8 Å². The van der Waals surface area contributed by atoms with Crippen LogP contribution in [0.4, 0.5) is 8.78 Å². The smallest absolute Gasteiger partial charge is 0.248 e. The van der Waals surface area contributed by atoms with Gasteiger partial charge in [-0.05, 0) is 26.7 Å². The van der Waals surface area contributed by atoms with Gasteiger partial charge in [-0.15, -0.1) is 0 Å². The Kier molecular flexibility index (Phi) is 4.05. The Bertz CT molecular complexity index is 217. The molecule has 1 fully saturated rings. The number of hydrogen-bond donors (Lipinski definition) is 0. The third-order valence-corrected chi connectivity index (χ3v) is 3.14. The predicted octanol–water partition coefficient (Wildman–Crippen LogP) is 2.68. The molecule has 0 heterocycles. The standard InChI is InChI=1S/C11H19F2NO/c1-3-14(4-2)10(15)9-5-7-11(12,13)8-6-9/h9H,3-8H2,1-2H3. The summed E-state index contributed by atoms with van der Waals surface area (Å²) in [7, 11) is 0. The lowest BCUT2D eigenvalue weighted by Crippen LogP contribution is -2.39. The van der Waals surface area contributed by atoms with Gasteiger partial charge in [0.05, 0.1) is 0 Å². The highest BCUT2D eigenvalue weighted by Crippen LogP contribution is 2.36. The molecule has 0 unspecified atom stereocenters. The topological polar surface area (TPSA) is 20.3 Å². The Morgan fingerprint density at radius 1 is 1.27 bits per heavy atom. The fourth-order valence-electron chi connectivity index (χ4n) is 2.08. The molecular weight excluding hydrogens is 200 g/mol. The lowest BCUT2D eigenvalue weighted by Gasteiger charge is -2.31. The van der Waals surface area contributed by atoms with Crippen molar-refractivity contribution in [2.45, 2.75) is 45.5 Å². The molecule has 0 aromatic heterocycles. The number of nitrogens with zero attached hydrogens (tertiary/aromatic N) is 1. The largest absolute Gasteiger partial charge is 0.343 e. The van der Waals surface area contributed by atoms with Gasteiger partial charge in [0.1, 0.15) is 0 Å². The molecule has 1 saturated carbocycles. The van der Waals surface area contributed by atoms with Crippen molar-refractivity contribution in [1.29, 1.82) is 0 Å². The van der Waals surface area contributed by atoms with Gasteiger partial charge < -0.3 is 4.90 Å². The van der Waals surface area contributed by atoms with Crippen molar-refractivity contribution in [3.05, 3.63) is 0 Å². The molecule has 0 aliphatic heterocycles. The summed E-state index contributed by atoms with van der Waals surface area (Å²) in [4.78, 5) is 13.6. The molecule has 1 rings (SSSR count). The molecule has 0 saturated heterocycles. The van der Waals surface area contributed by atoms with Crippen molar-refractivity contribution in [3.8, 4) is 0 Å². The first-order valence-corrected chi connectivity index (χ1v) is 5.66. The molecule has 4 heteroatoms. The van der Waals surface area contributed by atoms with E-state index in [1.54, 1.807) is 4.90 Å². The van der Waals surface area contributed by atoms with Crippen LogP contribution in [0.5, 0.6) is 0 Å². The number of carbonyl (C=O) groups excluding carboxylic acids is 1. The van der Waals surface area contributed by atoms with E-state index in [0.29, 0.717) is 25.9 Å². The van der Waals surface area contributed by atoms with Gasteiger partial charge in [-0.2, -0.15) is 0 Å². The van der Waals surface area contributed by atoms with Crippen molar-refractivity contribution < 1.29 is 13.6 Å². The lowest BCUT2D eigenvalue weighted by atomic mass is 9.86. The van der Waals surface area contributed by atoms with E-state index in [-0.39, 0.29) is 24.7 Å². The average molecular weight is 219 g/mol. The van der Waals surface area contributed by atoms with Crippen LogP contribution in [0.2, 0.25) is 0 Å². The summed E-state index contributed by atoms with van der Waals surface area (Å²) in [6.45, 7) is 5.17. The summed E-state index contributed by atoms with van der Waals surface area (Å²) < 4.78 is 25.8. The van der Waals surface area contributed by atoms with Crippen molar-refractivity contribution >= 4 is 5.91 Å². The lowest BCUT2D eigenvalue weighted by molar-refractivity contribution is -0.139. The van der Waals surface area contributed by atoms with Gasteiger partial charge >= 0.3 is 0 Å². The van der Waals surface area contributed by atoms with Crippen LogP contribution in [0.25, 0.3) is 0 Å². The fraction of sp³-hybridized carbons (Fsp3) is 0.909. The summed E-state index contributed by atoms with van der Waals surface area (Å²) in [5, 5.41) is 0. The quantitative estimate of drug-likeness (QED) is 0.714. The van der Waals surface area contributed by atoms with Gasteiger partial charge in [-0.1, -0.05) is 0 Å². The Hall–Kier alpha value is -0.670. The highest BCUT2D eigenvalue weighted by atomic mass is 19.3. The summed E-state index contributed by atoms with van der Waals surface area (Å²) in [6, 6.07) is 0. The third kappa shape index (κ3) is 3.14. The zero-order valence-corrected chi connectivity index (χ0v) is 9.43. The average Bonchev–Trinajstić information content (AvgIpc) is 2.19. The zero-order valence-electron chi connectivity index (χ0n) is 9.43. The van der Waals surface area contributed by atoms with E-state index in [0.717, 1.165) is 0 Å². The van der Waals surface area contributed by atoms with Gasteiger partial charge in [0.15, 0.2) is 0 Å². The van der Waals surface area contributed by atoms with Crippen molar-refractivity contribution in [3.63, 3.8) is 0 Å². The molecule has 1 aliphatic rings. The van der Waals surface area contributed by atoms with Crippen molar-refractivity contribution in [2.24, 2.45) is 5.92 Å². The van der Waals surface area contributed by atoms with Crippen LogP contribution < -0.4 is 0 Å². The zero-order chi connectivity index (χ0) is 11.5. The SMILES string of the molecule is CCN(CC)C(=O)C1CCC(F)(F)CC1. The van der Waals surface area contributed by atoms with Crippen LogP contribution in [0.3, 0.4) is 0 Å². The third-order valence-electron chi connectivity index (χ3n) is 3.14. The van der Waals surface area contributed by atoms with Crippen LogP contribution in [0.1, 0.15) is 39.5 Å². The molecule has 2 nitrogen and oxygen atoms in total. The molecule has 0 spiro atoms. The van der Waals surface area contributed by atoms with Gasteiger partial charge in [-0.25, -0.2) is 8.78 Å². The molecule has 88 valence electrons. The van der Waals surface area contributed by atoms with Crippen LogP contribution in [-0.2, 0) is 4.79 Å². The van der Waals surface area contributed by atoms with E-state index in [9.17, 15) is 13.6 Å². The number of alkyl halides is 2. The first-order valence-electron chi connectivity index (χ1n) is 5.66. The normalized spacial score (nSPS) is 21.3. The summed E-state index contributed by atoms with van der Waals surface area (Å²) in [6.07, 6.45) is 0.403. The molecular formula is C11H19F2NO.